The second-order valence-electron chi connectivity index (χ2n) is 7.44. The Balaban J connectivity index is 1.38. The van der Waals surface area contributed by atoms with Crippen LogP contribution in [0.4, 0.5) is 0 Å². The lowest BCUT2D eigenvalue weighted by Crippen LogP contribution is -2.57. The number of fused-ring (bicyclic) bond motifs is 4. The van der Waals surface area contributed by atoms with Gasteiger partial charge in [-0.1, -0.05) is 30.3 Å². The maximum atomic E-state index is 11.2. The van der Waals surface area contributed by atoms with Crippen LogP contribution in [-0.2, 0) is 5.60 Å². The Bertz CT molecular complexity index is 932. The van der Waals surface area contributed by atoms with E-state index in [9.17, 15) is 5.11 Å². The number of hydrogen-bond donors (Lipinski definition) is 1. The molecule has 3 saturated heterocycles. The van der Waals surface area contributed by atoms with Crippen LogP contribution in [0, 0.1) is 5.92 Å². The van der Waals surface area contributed by atoms with Crippen LogP contribution in [0.5, 0.6) is 11.6 Å². The van der Waals surface area contributed by atoms with E-state index in [1.54, 1.807) is 0 Å². The highest BCUT2D eigenvalue weighted by molar-refractivity contribution is 5.78. The molecule has 4 heterocycles. The molecule has 26 heavy (non-hydrogen) atoms. The first-order chi connectivity index (χ1) is 12.7. The molecule has 0 radical (unpaired) electrons. The topological polar surface area (TPSA) is 45.6 Å². The normalized spacial score (nSPS) is 27.6. The van der Waals surface area contributed by atoms with Crippen LogP contribution in [0.2, 0.25) is 0 Å². The van der Waals surface area contributed by atoms with Crippen molar-refractivity contribution in [1.82, 2.24) is 9.88 Å². The third-order valence-corrected chi connectivity index (χ3v) is 5.88. The van der Waals surface area contributed by atoms with Crippen molar-refractivity contribution in [3.8, 4) is 11.6 Å². The second-order valence-corrected chi connectivity index (χ2v) is 7.44. The van der Waals surface area contributed by atoms with E-state index in [0.29, 0.717) is 11.8 Å². The van der Waals surface area contributed by atoms with Crippen molar-refractivity contribution in [2.75, 3.05) is 19.6 Å². The SMILES string of the molecule is OC1(c2ccc(Oc3ccc4ccccc4n3)cc2)CN2CCC1CC2. The summed E-state index contributed by atoms with van der Waals surface area (Å²) in [5.74, 6) is 1.68. The van der Waals surface area contributed by atoms with Gasteiger partial charge in [0.05, 0.1) is 5.52 Å². The number of ether oxygens (including phenoxy) is 1. The molecule has 4 heteroatoms. The number of hydrogen-bond acceptors (Lipinski definition) is 4. The lowest BCUT2D eigenvalue weighted by molar-refractivity contribution is -0.117. The molecule has 1 aromatic heterocycles. The Hall–Kier alpha value is -2.43. The first-order valence-electron chi connectivity index (χ1n) is 9.30. The molecule has 2 aromatic carbocycles. The maximum absolute atomic E-state index is 11.2. The van der Waals surface area contributed by atoms with Crippen LogP contribution in [0.3, 0.4) is 0 Å². The van der Waals surface area contributed by atoms with E-state index < -0.39 is 5.60 Å². The van der Waals surface area contributed by atoms with Crippen LogP contribution in [0.1, 0.15) is 18.4 Å². The molecule has 2 bridgehead atoms. The minimum Gasteiger partial charge on any atom is -0.439 e. The third kappa shape index (κ3) is 2.66. The van der Waals surface area contributed by atoms with Crippen LogP contribution in [0.25, 0.3) is 10.9 Å². The number of aromatic nitrogens is 1. The highest BCUT2D eigenvalue weighted by Gasteiger charge is 2.46. The fourth-order valence-corrected chi connectivity index (χ4v) is 4.40. The number of aliphatic hydroxyl groups is 1. The summed E-state index contributed by atoms with van der Waals surface area (Å²) in [5.41, 5.74) is 1.19. The first-order valence-corrected chi connectivity index (χ1v) is 9.30. The zero-order valence-corrected chi connectivity index (χ0v) is 14.6. The standard InChI is InChI=1S/C22H22N2O2/c25-22(15-24-13-11-18(22)12-14-24)17-6-8-19(9-7-17)26-21-10-5-16-3-1-2-4-20(16)23-21/h1-10,18,25H,11-15H2. The summed E-state index contributed by atoms with van der Waals surface area (Å²) in [4.78, 5) is 6.91. The van der Waals surface area contributed by atoms with Gasteiger partial charge in [-0.3, -0.25) is 0 Å². The zero-order chi connectivity index (χ0) is 17.6. The predicted molar refractivity (Wildman–Crippen MR) is 101 cm³/mol. The molecule has 0 aliphatic carbocycles. The number of rotatable bonds is 3. The number of benzene rings is 2. The van der Waals surface area contributed by atoms with Crippen LogP contribution >= 0.6 is 0 Å². The van der Waals surface area contributed by atoms with Crippen molar-refractivity contribution in [3.05, 3.63) is 66.2 Å². The monoisotopic (exact) mass is 346 g/mol. The number of piperidine rings is 3. The van der Waals surface area contributed by atoms with E-state index in [-0.39, 0.29) is 0 Å². The van der Waals surface area contributed by atoms with E-state index in [1.165, 1.54) is 0 Å². The zero-order valence-electron chi connectivity index (χ0n) is 14.6. The van der Waals surface area contributed by atoms with Gasteiger partial charge in [-0.15, -0.1) is 0 Å². The Morgan fingerprint density at radius 1 is 0.962 bits per heavy atom. The molecular formula is C22H22N2O2. The molecule has 3 aromatic rings. The Morgan fingerprint density at radius 2 is 1.73 bits per heavy atom. The molecule has 3 aliphatic heterocycles. The number of para-hydroxylation sites is 1. The molecule has 3 fully saturated rings. The molecule has 0 amide bonds. The summed E-state index contributed by atoms with van der Waals surface area (Å²) < 4.78 is 5.92. The Labute approximate surface area is 153 Å². The van der Waals surface area contributed by atoms with Crippen molar-refractivity contribution in [1.29, 1.82) is 0 Å². The smallest absolute Gasteiger partial charge is 0.219 e. The molecule has 0 spiro atoms. The Kier molecular flexibility index (Phi) is 3.69. The average molecular weight is 346 g/mol. The van der Waals surface area contributed by atoms with Crippen LogP contribution in [0.15, 0.2) is 60.7 Å². The highest BCUT2D eigenvalue weighted by Crippen LogP contribution is 2.42. The van der Waals surface area contributed by atoms with Gasteiger partial charge < -0.3 is 14.7 Å². The fourth-order valence-electron chi connectivity index (χ4n) is 4.40. The minimum atomic E-state index is -0.726. The Morgan fingerprint density at radius 3 is 2.46 bits per heavy atom. The van der Waals surface area contributed by atoms with Crippen molar-refractivity contribution in [2.24, 2.45) is 5.92 Å². The van der Waals surface area contributed by atoms with Crippen molar-refractivity contribution < 1.29 is 9.84 Å². The van der Waals surface area contributed by atoms with Crippen molar-refractivity contribution in [3.63, 3.8) is 0 Å². The lowest BCUT2D eigenvalue weighted by atomic mass is 9.72. The largest absolute Gasteiger partial charge is 0.439 e. The predicted octanol–water partition coefficient (Wildman–Crippen LogP) is 3.94. The lowest BCUT2D eigenvalue weighted by Gasteiger charge is -2.50. The molecule has 3 aliphatic rings. The summed E-state index contributed by atoms with van der Waals surface area (Å²) >= 11 is 0. The maximum Gasteiger partial charge on any atom is 0.219 e. The molecule has 4 nitrogen and oxygen atoms in total. The van der Waals surface area contributed by atoms with Gasteiger partial charge in [0, 0.05) is 18.0 Å². The van der Waals surface area contributed by atoms with E-state index in [1.807, 2.05) is 60.7 Å². The average Bonchev–Trinajstić information content (AvgIpc) is 2.69. The van der Waals surface area contributed by atoms with Crippen LogP contribution in [-0.4, -0.2) is 34.6 Å². The van der Waals surface area contributed by atoms with Gasteiger partial charge in [0.1, 0.15) is 11.4 Å². The van der Waals surface area contributed by atoms with Gasteiger partial charge in [0.25, 0.3) is 0 Å². The quantitative estimate of drug-likeness (QED) is 0.780. The van der Waals surface area contributed by atoms with E-state index >= 15 is 0 Å². The molecule has 6 rings (SSSR count). The van der Waals surface area contributed by atoms with E-state index in [0.717, 1.165) is 54.7 Å². The minimum absolute atomic E-state index is 0.362. The summed E-state index contributed by atoms with van der Waals surface area (Å²) in [6.07, 6.45) is 2.16. The highest BCUT2D eigenvalue weighted by atomic mass is 16.5. The summed E-state index contributed by atoms with van der Waals surface area (Å²) in [5, 5.41) is 12.3. The number of pyridine rings is 1. The molecule has 132 valence electrons. The van der Waals surface area contributed by atoms with Gasteiger partial charge in [-0.05, 0) is 61.7 Å². The van der Waals surface area contributed by atoms with Gasteiger partial charge in [-0.2, -0.15) is 0 Å². The summed E-state index contributed by atoms with van der Waals surface area (Å²) in [6, 6.07) is 19.8. The van der Waals surface area contributed by atoms with Crippen LogP contribution < -0.4 is 4.74 Å². The van der Waals surface area contributed by atoms with E-state index in [2.05, 4.69) is 9.88 Å². The summed E-state index contributed by atoms with van der Waals surface area (Å²) in [6.45, 7) is 2.97. The molecule has 1 atom stereocenters. The van der Waals surface area contributed by atoms with Gasteiger partial charge in [0.15, 0.2) is 0 Å². The molecule has 1 N–H and O–H groups in total. The molecular weight excluding hydrogens is 324 g/mol. The fraction of sp³-hybridized carbons (Fsp3) is 0.318. The molecule has 0 saturated carbocycles. The van der Waals surface area contributed by atoms with Gasteiger partial charge in [0.2, 0.25) is 5.88 Å². The van der Waals surface area contributed by atoms with Crippen molar-refractivity contribution in [2.45, 2.75) is 18.4 Å². The second kappa shape index (κ2) is 6.08. The first kappa shape index (κ1) is 15.8. The van der Waals surface area contributed by atoms with E-state index in [4.69, 9.17) is 4.74 Å². The number of nitrogens with zero attached hydrogens (tertiary/aromatic N) is 2. The van der Waals surface area contributed by atoms with Gasteiger partial charge in [-0.25, -0.2) is 4.98 Å². The molecule has 1 unspecified atom stereocenters. The van der Waals surface area contributed by atoms with Crippen molar-refractivity contribution >= 4 is 10.9 Å². The summed E-state index contributed by atoms with van der Waals surface area (Å²) in [7, 11) is 0. The third-order valence-electron chi connectivity index (χ3n) is 5.88. The van der Waals surface area contributed by atoms with Gasteiger partial charge >= 0.3 is 0 Å².